The maximum absolute atomic E-state index is 13.0. The van der Waals surface area contributed by atoms with Crippen LogP contribution in [0.2, 0.25) is 0 Å². The predicted molar refractivity (Wildman–Crippen MR) is 98.5 cm³/mol. The first-order valence-electron chi connectivity index (χ1n) is 8.86. The Labute approximate surface area is 159 Å². The Morgan fingerprint density at radius 2 is 2.11 bits per heavy atom. The highest BCUT2D eigenvalue weighted by Gasteiger charge is 2.36. The largest absolute Gasteiger partial charge is 0.495 e. The molecule has 0 amide bonds. The van der Waals surface area contributed by atoms with Crippen LogP contribution >= 0.6 is 0 Å². The summed E-state index contributed by atoms with van der Waals surface area (Å²) in [7, 11) is 1.64. The molecule has 10 heteroatoms. The van der Waals surface area contributed by atoms with Crippen LogP contribution < -0.4 is 15.0 Å². The number of halogens is 3. The summed E-state index contributed by atoms with van der Waals surface area (Å²) < 4.78 is 44.5. The number of methoxy groups -OCH3 is 1. The second-order valence-electron chi connectivity index (χ2n) is 6.65. The topological polar surface area (TPSA) is 79.0 Å². The first kappa shape index (κ1) is 18.3. The van der Waals surface area contributed by atoms with Gasteiger partial charge in [0.2, 0.25) is 5.82 Å². The van der Waals surface area contributed by atoms with Crippen LogP contribution in [0.15, 0.2) is 30.6 Å². The number of H-pyrrole nitrogens is 1. The minimum atomic E-state index is -4.63. The van der Waals surface area contributed by atoms with Gasteiger partial charge >= 0.3 is 6.18 Å². The molecular weight excluding hydrogens is 373 g/mol. The lowest BCUT2D eigenvalue weighted by molar-refractivity contribution is -0.144. The van der Waals surface area contributed by atoms with E-state index in [4.69, 9.17) is 4.74 Å². The molecule has 0 radical (unpaired) electrons. The average molecular weight is 392 g/mol. The van der Waals surface area contributed by atoms with Gasteiger partial charge in [0.25, 0.3) is 0 Å². The number of ether oxygens (including phenoxy) is 1. The summed E-state index contributed by atoms with van der Waals surface area (Å²) in [6.45, 7) is 2.12. The summed E-state index contributed by atoms with van der Waals surface area (Å²) in [5, 5.41) is 3.05. The molecule has 2 aromatic heterocycles. The van der Waals surface area contributed by atoms with Gasteiger partial charge in [0, 0.05) is 19.6 Å². The number of para-hydroxylation sites is 2. The zero-order valence-electron chi connectivity index (χ0n) is 15.1. The first-order valence-corrected chi connectivity index (χ1v) is 8.86. The molecule has 2 N–H and O–H groups in total. The van der Waals surface area contributed by atoms with E-state index in [-0.39, 0.29) is 17.4 Å². The number of nitrogens with one attached hydrogen (secondary N) is 2. The number of rotatable bonds is 5. The molecule has 148 valence electrons. The number of aromatic nitrogens is 4. The molecule has 0 bridgehead atoms. The SMILES string of the molecule is COc1ccccc1N1CCC(CNc2nc(C(F)(F)F)nc3nc[nH]c23)C1. The molecule has 7 nitrogen and oxygen atoms in total. The minimum Gasteiger partial charge on any atom is -0.495 e. The van der Waals surface area contributed by atoms with Crippen LogP contribution in [0.5, 0.6) is 5.75 Å². The zero-order chi connectivity index (χ0) is 19.7. The van der Waals surface area contributed by atoms with Gasteiger partial charge in [-0.05, 0) is 24.5 Å². The third kappa shape index (κ3) is 3.54. The number of benzene rings is 1. The molecule has 1 aliphatic heterocycles. The van der Waals surface area contributed by atoms with Crippen LogP contribution in [0.3, 0.4) is 0 Å². The Morgan fingerprint density at radius 3 is 2.89 bits per heavy atom. The number of alkyl halides is 3. The molecule has 3 aromatic rings. The lowest BCUT2D eigenvalue weighted by Crippen LogP contribution is -2.23. The van der Waals surface area contributed by atoms with Gasteiger partial charge in [-0.2, -0.15) is 13.2 Å². The van der Waals surface area contributed by atoms with Gasteiger partial charge < -0.3 is 19.9 Å². The Morgan fingerprint density at radius 1 is 1.29 bits per heavy atom. The molecule has 1 unspecified atom stereocenters. The summed E-state index contributed by atoms with van der Waals surface area (Å²) in [6, 6.07) is 7.79. The Balaban J connectivity index is 1.48. The van der Waals surface area contributed by atoms with Crippen LogP contribution in [0.1, 0.15) is 12.2 Å². The summed E-state index contributed by atoms with van der Waals surface area (Å²) >= 11 is 0. The molecule has 1 atom stereocenters. The van der Waals surface area contributed by atoms with Crippen LogP contribution in [0.25, 0.3) is 11.2 Å². The number of fused-ring (bicyclic) bond motifs is 1. The highest BCUT2D eigenvalue weighted by molar-refractivity contribution is 5.82. The van der Waals surface area contributed by atoms with Crippen molar-refractivity contribution in [2.45, 2.75) is 12.6 Å². The van der Waals surface area contributed by atoms with Crippen molar-refractivity contribution in [3.05, 3.63) is 36.4 Å². The highest BCUT2D eigenvalue weighted by Crippen LogP contribution is 2.33. The van der Waals surface area contributed by atoms with Gasteiger partial charge in [-0.15, -0.1) is 0 Å². The van der Waals surface area contributed by atoms with Crippen molar-refractivity contribution in [2.75, 3.05) is 37.0 Å². The minimum absolute atomic E-state index is 0.00750. The molecule has 3 heterocycles. The van der Waals surface area contributed by atoms with Gasteiger partial charge in [0.15, 0.2) is 11.5 Å². The van der Waals surface area contributed by atoms with Gasteiger partial charge in [-0.1, -0.05) is 12.1 Å². The normalized spacial score (nSPS) is 17.3. The summed E-state index contributed by atoms with van der Waals surface area (Å²) in [6.07, 6.45) is -2.41. The standard InChI is InChI=1S/C18H19F3N6O/c1-28-13-5-3-2-4-12(13)27-7-6-11(9-27)8-22-15-14-16(24-10-23-14)26-17(25-15)18(19,20)21/h2-5,10-11H,6-9H2,1H3,(H2,22,23,24,25,26). The number of aromatic amines is 1. The molecule has 1 fully saturated rings. The van der Waals surface area contributed by atoms with E-state index in [9.17, 15) is 13.2 Å². The summed E-state index contributed by atoms with van der Waals surface area (Å²) in [5.74, 6) is -0.0182. The van der Waals surface area contributed by atoms with E-state index in [2.05, 4.69) is 30.2 Å². The van der Waals surface area contributed by atoms with E-state index in [1.165, 1.54) is 6.33 Å². The number of hydrogen-bond donors (Lipinski definition) is 2. The van der Waals surface area contributed by atoms with Crippen molar-refractivity contribution in [1.29, 1.82) is 0 Å². The molecule has 1 saturated heterocycles. The van der Waals surface area contributed by atoms with Gasteiger partial charge in [0.1, 0.15) is 11.3 Å². The molecule has 1 aliphatic rings. The first-order chi connectivity index (χ1) is 13.5. The summed E-state index contributed by atoms with van der Waals surface area (Å²) in [5.41, 5.74) is 1.38. The summed E-state index contributed by atoms with van der Waals surface area (Å²) in [4.78, 5) is 16.0. The van der Waals surface area contributed by atoms with Crippen molar-refractivity contribution >= 4 is 22.7 Å². The van der Waals surface area contributed by atoms with E-state index in [0.717, 1.165) is 30.9 Å². The van der Waals surface area contributed by atoms with Crippen molar-refractivity contribution < 1.29 is 17.9 Å². The lowest BCUT2D eigenvalue weighted by Gasteiger charge is -2.21. The second kappa shape index (κ2) is 7.17. The zero-order valence-corrected chi connectivity index (χ0v) is 15.1. The molecular formula is C18H19F3N6O. The fraction of sp³-hybridized carbons (Fsp3) is 0.389. The molecule has 0 aliphatic carbocycles. The number of imidazole rings is 1. The van der Waals surface area contributed by atoms with E-state index >= 15 is 0 Å². The smallest absolute Gasteiger partial charge is 0.451 e. The van der Waals surface area contributed by atoms with Crippen molar-refractivity contribution in [2.24, 2.45) is 5.92 Å². The fourth-order valence-electron chi connectivity index (χ4n) is 3.44. The lowest BCUT2D eigenvalue weighted by atomic mass is 10.1. The van der Waals surface area contributed by atoms with E-state index in [1.807, 2.05) is 24.3 Å². The third-order valence-corrected chi connectivity index (χ3v) is 4.81. The Hall–Kier alpha value is -3.04. The van der Waals surface area contributed by atoms with Crippen LogP contribution in [0, 0.1) is 5.92 Å². The van der Waals surface area contributed by atoms with Crippen LogP contribution in [-0.4, -0.2) is 46.7 Å². The number of nitrogens with zero attached hydrogens (tertiary/aromatic N) is 4. The molecule has 0 spiro atoms. The van der Waals surface area contributed by atoms with Crippen molar-refractivity contribution in [1.82, 2.24) is 19.9 Å². The Bertz CT molecular complexity index is 973. The quantitative estimate of drug-likeness (QED) is 0.694. The third-order valence-electron chi connectivity index (χ3n) is 4.81. The van der Waals surface area contributed by atoms with Gasteiger partial charge in [-0.3, -0.25) is 0 Å². The Kier molecular flexibility index (Phi) is 4.70. The van der Waals surface area contributed by atoms with Crippen molar-refractivity contribution in [3.63, 3.8) is 0 Å². The predicted octanol–water partition coefficient (Wildman–Crippen LogP) is 3.32. The van der Waals surface area contributed by atoms with E-state index < -0.39 is 12.0 Å². The van der Waals surface area contributed by atoms with E-state index in [0.29, 0.717) is 12.1 Å². The monoisotopic (exact) mass is 392 g/mol. The maximum Gasteiger partial charge on any atom is 0.451 e. The highest BCUT2D eigenvalue weighted by atomic mass is 19.4. The molecule has 4 rings (SSSR count). The van der Waals surface area contributed by atoms with Gasteiger partial charge in [-0.25, -0.2) is 15.0 Å². The molecule has 0 saturated carbocycles. The fourth-order valence-corrected chi connectivity index (χ4v) is 3.44. The van der Waals surface area contributed by atoms with E-state index in [1.54, 1.807) is 7.11 Å². The second-order valence-corrected chi connectivity index (χ2v) is 6.65. The van der Waals surface area contributed by atoms with Crippen LogP contribution in [0.4, 0.5) is 24.7 Å². The van der Waals surface area contributed by atoms with Crippen LogP contribution in [-0.2, 0) is 6.18 Å². The molecule has 1 aromatic carbocycles. The number of anilines is 2. The number of hydrogen-bond acceptors (Lipinski definition) is 6. The molecule has 28 heavy (non-hydrogen) atoms. The van der Waals surface area contributed by atoms with Gasteiger partial charge in [0.05, 0.1) is 19.1 Å². The maximum atomic E-state index is 13.0. The average Bonchev–Trinajstić information content (AvgIpc) is 3.34. The van der Waals surface area contributed by atoms with Crippen molar-refractivity contribution in [3.8, 4) is 5.75 Å².